The highest BCUT2D eigenvalue weighted by molar-refractivity contribution is 5.20. The lowest BCUT2D eigenvalue weighted by molar-refractivity contribution is 0.0558. The number of hydrogen-bond donors (Lipinski definition) is 1. The lowest BCUT2D eigenvalue weighted by Crippen LogP contribution is -2.26. The Morgan fingerprint density at radius 1 is 1.38 bits per heavy atom. The van der Waals surface area contributed by atoms with Gasteiger partial charge in [0.25, 0.3) is 0 Å². The first-order valence-corrected chi connectivity index (χ1v) is 5.94. The molecule has 1 saturated heterocycles. The summed E-state index contributed by atoms with van der Waals surface area (Å²) in [4.78, 5) is 0. The molecule has 0 bridgehead atoms. The van der Waals surface area contributed by atoms with E-state index in [2.05, 4.69) is 17.4 Å². The summed E-state index contributed by atoms with van der Waals surface area (Å²) in [6.45, 7) is 7.78. The van der Waals surface area contributed by atoms with Crippen molar-refractivity contribution >= 4 is 0 Å². The molecule has 0 radical (unpaired) electrons. The number of nitrogens with zero attached hydrogens (tertiary/aromatic N) is 1. The summed E-state index contributed by atoms with van der Waals surface area (Å²) in [5.74, 6) is 0.908. The molecule has 1 aliphatic rings. The second-order valence-corrected chi connectivity index (χ2v) is 4.58. The highest BCUT2D eigenvalue weighted by atomic mass is 16.5. The molecule has 1 aromatic rings. The smallest absolute Gasteiger partial charge is 0.138 e. The zero-order valence-electron chi connectivity index (χ0n) is 10.2. The Bertz CT molecular complexity index is 329. The minimum Gasteiger partial charge on any atom is -0.374 e. The molecular formula is C12H20N2O2. The third-order valence-electron chi connectivity index (χ3n) is 3.17. The Morgan fingerprint density at radius 3 is 2.75 bits per heavy atom. The molecule has 1 fully saturated rings. The average Bonchev–Trinajstić information content (AvgIpc) is 2.78. The standard InChI is InChI=1S/C12H20N2O2/c1-8-4-5-11(15-8)6-13-7-12-9(2)14-16-10(12)3/h8,11,13H,4-7H2,1-3H3. The van der Waals surface area contributed by atoms with Gasteiger partial charge in [0.1, 0.15) is 5.76 Å². The van der Waals surface area contributed by atoms with E-state index in [9.17, 15) is 0 Å². The zero-order chi connectivity index (χ0) is 11.5. The molecule has 2 atom stereocenters. The summed E-state index contributed by atoms with van der Waals surface area (Å²) in [5, 5.41) is 7.34. The molecule has 4 heteroatoms. The fourth-order valence-electron chi connectivity index (χ4n) is 2.15. The average molecular weight is 224 g/mol. The normalized spacial score (nSPS) is 25.2. The van der Waals surface area contributed by atoms with Crippen molar-refractivity contribution in [3.05, 3.63) is 17.0 Å². The number of rotatable bonds is 4. The van der Waals surface area contributed by atoms with E-state index in [1.165, 1.54) is 12.0 Å². The third-order valence-corrected chi connectivity index (χ3v) is 3.17. The van der Waals surface area contributed by atoms with Gasteiger partial charge in [-0.1, -0.05) is 5.16 Å². The lowest BCUT2D eigenvalue weighted by atomic mass is 10.2. The summed E-state index contributed by atoms with van der Waals surface area (Å²) in [6, 6.07) is 0. The van der Waals surface area contributed by atoms with Crippen LogP contribution in [0.1, 0.15) is 36.8 Å². The van der Waals surface area contributed by atoms with Crippen LogP contribution in [0.15, 0.2) is 4.52 Å². The SMILES string of the molecule is Cc1noc(C)c1CNCC1CCC(C)O1. The van der Waals surface area contributed by atoms with Gasteiger partial charge in [-0.3, -0.25) is 0 Å². The summed E-state index contributed by atoms with van der Waals surface area (Å²) in [7, 11) is 0. The second-order valence-electron chi connectivity index (χ2n) is 4.58. The van der Waals surface area contributed by atoms with Crippen molar-refractivity contribution in [2.45, 2.75) is 52.4 Å². The van der Waals surface area contributed by atoms with Crippen LogP contribution in [0.3, 0.4) is 0 Å². The van der Waals surface area contributed by atoms with Crippen molar-refractivity contribution in [2.24, 2.45) is 0 Å². The van der Waals surface area contributed by atoms with E-state index in [1.807, 2.05) is 13.8 Å². The molecule has 0 saturated carbocycles. The van der Waals surface area contributed by atoms with Crippen molar-refractivity contribution in [3.8, 4) is 0 Å². The molecule has 1 aromatic heterocycles. The highest BCUT2D eigenvalue weighted by Crippen LogP contribution is 2.18. The van der Waals surface area contributed by atoms with Gasteiger partial charge in [0.2, 0.25) is 0 Å². The number of aromatic nitrogens is 1. The van der Waals surface area contributed by atoms with Gasteiger partial charge in [0, 0.05) is 18.7 Å². The fraction of sp³-hybridized carbons (Fsp3) is 0.750. The van der Waals surface area contributed by atoms with Gasteiger partial charge in [0.05, 0.1) is 17.9 Å². The molecular weight excluding hydrogens is 204 g/mol. The van der Waals surface area contributed by atoms with Crippen LogP contribution in [0.5, 0.6) is 0 Å². The van der Waals surface area contributed by atoms with Gasteiger partial charge in [0.15, 0.2) is 0 Å². The zero-order valence-corrected chi connectivity index (χ0v) is 10.2. The predicted molar refractivity (Wildman–Crippen MR) is 61.3 cm³/mol. The molecule has 90 valence electrons. The Balaban J connectivity index is 1.76. The fourth-order valence-corrected chi connectivity index (χ4v) is 2.15. The maximum Gasteiger partial charge on any atom is 0.138 e. The summed E-state index contributed by atoms with van der Waals surface area (Å²) < 4.78 is 10.9. The number of hydrogen-bond acceptors (Lipinski definition) is 4. The maximum absolute atomic E-state index is 5.74. The number of ether oxygens (including phenoxy) is 1. The van der Waals surface area contributed by atoms with Crippen molar-refractivity contribution in [1.29, 1.82) is 0 Å². The molecule has 0 aromatic carbocycles. The first-order valence-electron chi connectivity index (χ1n) is 5.94. The molecule has 0 spiro atoms. The first-order chi connectivity index (χ1) is 7.66. The van der Waals surface area contributed by atoms with E-state index in [4.69, 9.17) is 9.26 Å². The summed E-state index contributed by atoms with van der Waals surface area (Å²) >= 11 is 0. The van der Waals surface area contributed by atoms with Gasteiger partial charge in [-0.2, -0.15) is 0 Å². The van der Waals surface area contributed by atoms with Crippen molar-refractivity contribution in [3.63, 3.8) is 0 Å². The van der Waals surface area contributed by atoms with E-state index in [-0.39, 0.29) is 0 Å². The molecule has 0 aliphatic carbocycles. The summed E-state index contributed by atoms with van der Waals surface area (Å²) in [5.41, 5.74) is 2.15. The van der Waals surface area contributed by atoms with E-state index >= 15 is 0 Å². The van der Waals surface area contributed by atoms with Crippen molar-refractivity contribution < 1.29 is 9.26 Å². The minimum absolute atomic E-state index is 0.371. The van der Waals surface area contributed by atoms with Gasteiger partial charge in [-0.05, 0) is 33.6 Å². The molecule has 0 amide bonds. The van der Waals surface area contributed by atoms with Crippen LogP contribution in [0.2, 0.25) is 0 Å². The number of aryl methyl sites for hydroxylation is 2. The molecule has 2 rings (SSSR count). The second kappa shape index (κ2) is 4.97. The lowest BCUT2D eigenvalue weighted by Gasteiger charge is -2.11. The quantitative estimate of drug-likeness (QED) is 0.849. The molecule has 1 aliphatic heterocycles. The van der Waals surface area contributed by atoms with Gasteiger partial charge >= 0.3 is 0 Å². The molecule has 4 nitrogen and oxygen atoms in total. The van der Waals surface area contributed by atoms with Gasteiger partial charge in [-0.25, -0.2) is 0 Å². The largest absolute Gasteiger partial charge is 0.374 e. The van der Waals surface area contributed by atoms with Crippen LogP contribution in [0.25, 0.3) is 0 Å². The Kier molecular flexibility index (Phi) is 3.61. The van der Waals surface area contributed by atoms with Crippen molar-refractivity contribution in [1.82, 2.24) is 10.5 Å². The van der Waals surface area contributed by atoms with Crippen LogP contribution < -0.4 is 5.32 Å². The molecule has 16 heavy (non-hydrogen) atoms. The monoisotopic (exact) mass is 224 g/mol. The summed E-state index contributed by atoms with van der Waals surface area (Å²) in [6.07, 6.45) is 3.13. The van der Waals surface area contributed by atoms with Gasteiger partial charge in [-0.15, -0.1) is 0 Å². The predicted octanol–water partition coefficient (Wildman–Crippen LogP) is 1.95. The van der Waals surface area contributed by atoms with E-state index in [1.54, 1.807) is 0 Å². The van der Waals surface area contributed by atoms with Gasteiger partial charge < -0.3 is 14.6 Å². The van der Waals surface area contributed by atoms with Crippen LogP contribution in [-0.2, 0) is 11.3 Å². The van der Waals surface area contributed by atoms with E-state index in [0.29, 0.717) is 12.2 Å². The Labute approximate surface area is 96.3 Å². The van der Waals surface area contributed by atoms with Crippen LogP contribution in [0, 0.1) is 13.8 Å². The Hall–Kier alpha value is -0.870. The van der Waals surface area contributed by atoms with Crippen molar-refractivity contribution in [2.75, 3.05) is 6.54 Å². The van der Waals surface area contributed by atoms with E-state index in [0.717, 1.165) is 31.0 Å². The van der Waals surface area contributed by atoms with E-state index < -0.39 is 0 Å². The topological polar surface area (TPSA) is 47.3 Å². The number of nitrogens with one attached hydrogen (secondary N) is 1. The molecule has 1 N–H and O–H groups in total. The van der Waals surface area contributed by atoms with Crippen LogP contribution >= 0.6 is 0 Å². The molecule has 2 heterocycles. The highest BCUT2D eigenvalue weighted by Gasteiger charge is 2.21. The Morgan fingerprint density at radius 2 is 2.19 bits per heavy atom. The van der Waals surface area contributed by atoms with Crippen LogP contribution in [0.4, 0.5) is 0 Å². The van der Waals surface area contributed by atoms with Crippen LogP contribution in [-0.4, -0.2) is 23.9 Å². The maximum atomic E-state index is 5.74. The minimum atomic E-state index is 0.371. The third kappa shape index (κ3) is 2.62. The first kappa shape index (κ1) is 11.6. The molecule has 2 unspecified atom stereocenters.